The molecule has 1 aliphatic rings. The van der Waals surface area contributed by atoms with Crippen LogP contribution in [0.25, 0.3) is 22.3 Å². The maximum absolute atomic E-state index is 12.4. The second kappa shape index (κ2) is 18.1. The van der Waals surface area contributed by atoms with Crippen LogP contribution in [0.3, 0.4) is 0 Å². The molecule has 0 saturated heterocycles. The Morgan fingerprint density at radius 3 is 1.96 bits per heavy atom. The molecule has 9 heteroatoms. The number of benzene rings is 3. The van der Waals surface area contributed by atoms with E-state index < -0.39 is 18.5 Å². The molecule has 3 aromatic carbocycles. The first-order chi connectivity index (χ1) is 23.2. The minimum atomic E-state index is -0.662. The summed E-state index contributed by atoms with van der Waals surface area (Å²) in [4.78, 5) is 24.3. The first-order valence-corrected chi connectivity index (χ1v) is 15.8. The van der Waals surface area contributed by atoms with Gasteiger partial charge in [-0.15, -0.1) is 0 Å². The van der Waals surface area contributed by atoms with Crippen molar-refractivity contribution in [2.45, 2.75) is 37.7 Å². The SMILES string of the molecule is C=C(COC)COCOc1ccc(-c2ccc(-c3ccc(OC(=O)C(=C)CO)cc3)cc2)c(C2CCC(OC(=O)C(=C)COC)CC2)c1. The summed E-state index contributed by atoms with van der Waals surface area (Å²) in [5.74, 6) is 0.241. The van der Waals surface area contributed by atoms with Gasteiger partial charge in [0.15, 0.2) is 6.79 Å². The van der Waals surface area contributed by atoms with Gasteiger partial charge in [0.25, 0.3) is 0 Å². The molecule has 0 radical (unpaired) electrons. The second-order valence-corrected chi connectivity index (χ2v) is 11.7. The van der Waals surface area contributed by atoms with Crippen LogP contribution in [0, 0.1) is 0 Å². The van der Waals surface area contributed by atoms with Gasteiger partial charge < -0.3 is 33.5 Å². The van der Waals surface area contributed by atoms with Gasteiger partial charge >= 0.3 is 11.9 Å². The molecular weight excluding hydrogens is 612 g/mol. The van der Waals surface area contributed by atoms with E-state index in [0.29, 0.717) is 30.3 Å². The van der Waals surface area contributed by atoms with Crippen LogP contribution in [0.1, 0.15) is 37.2 Å². The molecule has 1 saturated carbocycles. The number of rotatable bonds is 17. The lowest BCUT2D eigenvalue weighted by atomic mass is 9.79. The Hall–Kier alpha value is -4.54. The molecule has 0 spiro atoms. The zero-order valence-corrected chi connectivity index (χ0v) is 27.7. The van der Waals surface area contributed by atoms with Crippen LogP contribution in [-0.2, 0) is 28.5 Å². The normalized spacial score (nSPS) is 15.7. The molecule has 0 heterocycles. The fourth-order valence-electron chi connectivity index (χ4n) is 5.53. The van der Waals surface area contributed by atoms with Gasteiger partial charge in [-0.3, -0.25) is 0 Å². The fraction of sp³-hybridized carbons (Fsp3) is 0.333. The van der Waals surface area contributed by atoms with Gasteiger partial charge in [-0.25, -0.2) is 9.59 Å². The number of ether oxygens (including phenoxy) is 6. The Morgan fingerprint density at radius 2 is 1.33 bits per heavy atom. The van der Waals surface area contributed by atoms with Crippen molar-refractivity contribution in [2.75, 3.05) is 47.4 Å². The predicted molar refractivity (Wildman–Crippen MR) is 184 cm³/mol. The van der Waals surface area contributed by atoms with E-state index in [1.165, 1.54) is 7.11 Å². The third kappa shape index (κ3) is 10.2. The van der Waals surface area contributed by atoms with E-state index in [-0.39, 0.29) is 31.0 Å². The zero-order valence-electron chi connectivity index (χ0n) is 27.7. The summed E-state index contributed by atoms with van der Waals surface area (Å²) in [5.41, 5.74) is 6.41. The smallest absolute Gasteiger partial charge is 0.341 e. The molecular formula is C39H44O9. The molecule has 0 atom stereocenters. The number of esters is 2. The summed E-state index contributed by atoms with van der Waals surface area (Å²) < 4.78 is 32.7. The zero-order chi connectivity index (χ0) is 34.5. The monoisotopic (exact) mass is 656 g/mol. The fourth-order valence-corrected chi connectivity index (χ4v) is 5.53. The summed E-state index contributed by atoms with van der Waals surface area (Å²) in [5, 5.41) is 9.09. The number of hydrogen-bond donors (Lipinski definition) is 1. The van der Waals surface area contributed by atoms with Crippen LogP contribution in [0.15, 0.2) is 103 Å². The highest BCUT2D eigenvalue weighted by molar-refractivity contribution is 5.90. The van der Waals surface area contributed by atoms with Crippen molar-refractivity contribution in [3.63, 3.8) is 0 Å². The number of carbonyl (C=O) groups is 2. The molecule has 1 fully saturated rings. The quantitative estimate of drug-likeness (QED) is 0.0419. The van der Waals surface area contributed by atoms with Gasteiger partial charge in [-0.05, 0) is 89.3 Å². The standard InChI is InChI=1S/C39H44O9/c1-26(22-43-4)23-45-25-46-35-18-19-36(37(20-35)32-12-16-34(17-13-32)48-39(42)28(3)24-44-5)31-8-6-29(7-9-31)30-10-14-33(15-11-30)47-38(41)27(2)21-40/h6-11,14-15,18-20,32,34,40H,1-3,12-13,16-17,21-25H2,4-5H3. The van der Waals surface area contributed by atoms with Crippen molar-refractivity contribution >= 4 is 11.9 Å². The summed E-state index contributed by atoms with van der Waals surface area (Å²) in [6.07, 6.45) is 3.01. The molecule has 0 unspecified atom stereocenters. The summed E-state index contributed by atoms with van der Waals surface area (Å²) in [6, 6.07) is 21.6. The van der Waals surface area contributed by atoms with E-state index in [0.717, 1.165) is 59.1 Å². The molecule has 48 heavy (non-hydrogen) atoms. The van der Waals surface area contributed by atoms with Crippen LogP contribution >= 0.6 is 0 Å². The predicted octanol–water partition coefficient (Wildman–Crippen LogP) is 6.80. The largest absolute Gasteiger partial charge is 0.468 e. The van der Waals surface area contributed by atoms with Gasteiger partial charge in [0.05, 0.1) is 37.6 Å². The van der Waals surface area contributed by atoms with E-state index in [1.807, 2.05) is 18.2 Å². The van der Waals surface area contributed by atoms with Crippen LogP contribution in [0.2, 0.25) is 0 Å². The Balaban J connectivity index is 1.50. The first kappa shape index (κ1) is 36.3. The summed E-state index contributed by atoms with van der Waals surface area (Å²) in [7, 11) is 3.14. The van der Waals surface area contributed by atoms with Crippen LogP contribution in [0.5, 0.6) is 11.5 Å². The second-order valence-electron chi connectivity index (χ2n) is 11.7. The summed E-state index contributed by atoms with van der Waals surface area (Å²) in [6.45, 7) is 11.7. The Labute approximate surface area is 282 Å². The average molecular weight is 657 g/mol. The van der Waals surface area contributed by atoms with E-state index in [1.54, 1.807) is 19.2 Å². The molecule has 4 rings (SSSR count). The van der Waals surface area contributed by atoms with E-state index >= 15 is 0 Å². The highest BCUT2D eigenvalue weighted by Crippen LogP contribution is 2.41. The van der Waals surface area contributed by atoms with Gasteiger partial charge in [0.1, 0.15) is 17.6 Å². The Kier molecular flexibility index (Phi) is 13.7. The van der Waals surface area contributed by atoms with Crippen molar-refractivity contribution in [3.05, 3.63) is 109 Å². The lowest BCUT2D eigenvalue weighted by Gasteiger charge is -2.30. The molecule has 0 bridgehead atoms. The third-order valence-corrected chi connectivity index (χ3v) is 8.06. The van der Waals surface area contributed by atoms with Crippen molar-refractivity contribution in [2.24, 2.45) is 0 Å². The van der Waals surface area contributed by atoms with Crippen LogP contribution in [-0.4, -0.2) is 70.6 Å². The molecule has 0 amide bonds. The molecule has 3 aromatic rings. The van der Waals surface area contributed by atoms with Crippen LogP contribution in [0.4, 0.5) is 0 Å². The lowest BCUT2D eigenvalue weighted by Crippen LogP contribution is -2.25. The van der Waals surface area contributed by atoms with Crippen molar-refractivity contribution < 1.29 is 43.1 Å². The minimum Gasteiger partial charge on any atom is -0.468 e. The Bertz CT molecular complexity index is 1570. The Morgan fingerprint density at radius 1 is 0.729 bits per heavy atom. The number of carbonyl (C=O) groups excluding carboxylic acids is 2. The molecule has 1 aliphatic carbocycles. The highest BCUT2D eigenvalue weighted by atomic mass is 16.7. The van der Waals surface area contributed by atoms with Gasteiger partial charge in [0.2, 0.25) is 0 Å². The van der Waals surface area contributed by atoms with E-state index in [9.17, 15) is 9.59 Å². The third-order valence-electron chi connectivity index (χ3n) is 8.06. The van der Waals surface area contributed by atoms with Crippen molar-refractivity contribution in [3.8, 4) is 33.8 Å². The topological polar surface area (TPSA) is 110 Å². The average Bonchev–Trinajstić information content (AvgIpc) is 3.10. The molecule has 1 N–H and O–H groups in total. The molecule has 0 aromatic heterocycles. The van der Waals surface area contributed by atoms with E-state index in [4.69, 9.17) is 33.5 Å². The maximum Gasteiger partial charge on any atom is 0.341 e. The summed E-state index contributed by atoms with van der Waals surface area (Å²) >= 11 is 0. The molecule has 254 valence electrons. The lowest BCUT2D eigenvalue weighted by molar-refractivity contribution is -0.146. The number of aliphatic hydroxyl groups is 1. The van der Waals surface area contributed by atoms with Crippen LogP contribution < -0.4 is 9.47 Å². The van der Waals surface area contributed by atoms with Gasteiger partial charge in [0, 0.05) is 14.2 Å². The van der Waals surface area contributed by atoms with Gasteiger partial charge in [-0.1, -0.05) is 62.2 Å². The first-order valence-electron chi connectivity index (χ1n) is 15.8. The number of methoxy groups -OCH3 is 2. The highest BCUT2D eigenvalue weighted by Gasteiger charge is 2.27. The molecule has 0 aliphatic heterocycles. The number of aliphatic hydroxyl groups excluding tert-OH is 1. The minimum absolute atomic E-state index is 0.00750. The maximum atomic E-state index is 12.4. The molecule has 9 nitrogen and oxygen atoms in total. The number of hydrogen-bond acceptors (Lipinski definition) is 9. The van der Waals surface area contributed by atoms with Crippen molar-refractivity contribution in [1.82, 2.24) is 0 Å². The van der Waals surface area contributed by atoms with E-state index in [2.05, 4.69) is 56.1 Å². The van der Waals surface area contributed by atoms with Gasteiger partial charge in [-0.2, -0.15) is 0 Å². The van der Waals surface area contributed by atoms with Crippen molar-refractivity contribution in [1.29, 1.82) is 0 Å².